The summed E-state index contributed by atoms with van der Waals surface area (Å²) in [6.07, 6.45) is 1.63. The third-order valence-corrected chi connectivity index (χ3v) is 4.12. The van der Waals surface area contributed by atoms with Gasteiger partial charge in [0.2, 0.25) is 11.8 Å². The molecule has 128 valence electrons. The summed E-state index contributed by atoms with van der Waals surface area (Å²) in [5.41, 5.74) is 5.67. The number of aromatic nitrogens is 2. The number of nitrogens with one attached hydrogen (secondary N) is 1. The smallest absolute Gasteiger partial charge is 0.249 e. The van der Waals surface area contributed by atoms with Crippen molar-refractivity contribution >= 4 is 33.6 Å². The molecule has 0 saturated heterocycles. The second-order valence-electron chi connectivity index (χ2n) is 5.85. The van der Waals surface area contributed by atoms with E-state index in [1.165, 1.54) is 9.58 Å². The van der Waals surface area contributed by atoms with E-state index in [1.807, 2.05) is 12.1 Å². The van der Waals surface area contributed by atoms with Gasteiger partial charge in [-0.05, 0) is 24.6 Å². The number of nitrogens with zero attached hydrogens (tertiary/aromatic N) is 3. The van der Waals surface area contributed by atoms with Crippen LogP contribution in [0, 0.1) is 0 Å². The molecule has 0 fully saturated rings. The summed E-state index contributed by atoms with van der Waals surface area (Å²) < 4.78 is 2.37. The summed E-state index contributed by atoms with van der Waals surface area (Å²) >= 11 is 3.35. The maximum Gasteiger partial charge on any atom is 0.249 e. The van der Waals surface area contributed by atoms with E-state index in [4.69, 9.17) is 5.73 Å². The van der Waals surface area contributed by atoms with Gasteiger partial charge in [-0.15, -0.1) is 0 Å². The summed E-state index contributed by atoms with van der Waals surface area (Å²) in [6, 6.07) is 8.86. The van der Waals surface area contributed by atoms with Crippen LogP contribution in [0.15, 0.2) is 41.0 Å². The van der Waals surface area contributed by atoms with Crippen LogP contribution in [0.2, 0.25) is 0 Å². The maximum atomic E-state index is 12.5. The van der Waals surface area contributed by atoms with Crippen molar-refractivity contribution < 1.29 is 9.59 Å². The average Bonchev–Trinajstić information content (AvgIpc) is 2.94. The molecule has 1 aromatic heterocycles. The van der Waals surface area contributed by atoms with Gasteiger partial charge in [-0.2, -0.15) is 5.10 Å². The van der Waals surface area contributed by atoms with Crippen molar-refractivity contribution in [2.24, 2.45) is 5.73 Å². The first-order valence-electron chi connectivity index (χ1n) is 7.30. The fourth-order valence-corrected chi connectivity index (χ4v) is 2.23. The molecule has 2 amide bonds. The Labute approximate surface area is 148 Å². The lowest BCUT2D eigenvalue weighted by Crippen LogP contribution is -2.45. The van der Waals surface area contributed by atoms with Crippen molar-refractivity contribution in [2.45, 2.75) is 19.0 Å². The monoisotopic (exact) mass is 393 g/mol. The highest BCUT2D eigenvalue weighted by Gasteiger charge is 2.31. The number of amides is 2. The predicted molar refractivity (Wildman–Crippen MR) is 95.2 cm³/mol. The molecule has 1 unspecified atom stereocenters. The molecule has 8 heteroatoms. The van der Waals surface area contributed by atoms with Crippen molar-refractivity contribution in [3.8, 4) is 0 Å². The first-order valence-corrected chi connectivity index (χ1v) is 8.09. The van der Waals surface area contributed by atoms with Gasteiger partial charge in [-0.3, -0.25) is 14.3 Å². The Morgan fingerprint density at radius 3 is 2.50 bits per heavy atom. The topological polar surface area (TPSA) is 93.2 Å². The van der Waals surface area contributed by atoms with Crippen LogP contribution in [0.1, 0.15) is 12.5 Å². The van der Waals surface area contributed by atoms with Gasteiger partial charge in [0, 0.05) is 30.8 Å². The Balaban J connectivity index is 2.07. The van der Waals surface area contributed by atoms with Crippen molar-refractivity contribution in [1.29, 1.82) is 0 Å². The van der Waals surface area contributed by atoms with E-state index in [0.29, 0.717) is 11.4 Å². The predicted octanol–water partition coefficient (Wildman–Crippen LogP) is 1.55. The van der Waals surface area contributed by atoms with Gasteiger partial charge >= 0.3 is 0 Å². The summed E-state index contributed by atoms with van der Waals surface area (Å²) in [6.45, 7) is 1.74. The van der Waals surface area contributed by atoms with Crippen molar-refractivity contribution in [1.82, 2.24) is 14.7 Å². The van der Waals surface area contributed by atoms with Gasteiger partial charge in [0.05, 0.1) is 0 Å². The van der Waals surface area contributed by atoms with Crippen molar-refractivity contribution in [3.05, 3.63) is 46.6 Å². The Morgan fingerprint density at radius 2 is 1.92 bits per heavy atom. The minimum Gasteiger partial charge on any atom is -0.347 e. The summed E-state index contributed by atoms with van der Waals surface area (Å²) in [5, 5.41) is 6.85. The molecule has 0 saturated carbocycles. The van der Waals surface area contributed by atoms with Gasteiger partial charge in [-0.1, -0.05) is 28.1 Å². The summed E-state index contributed by atoms with van der Waals surface area (Å²) in [5.74, 6) is -0.121. The third kappa shape index (κ3) is 4.21. The zero-order valence-corrected chi connectivity index (χ0v) is 15.4. The normalized spacial score (nSPS) is 13.2. The number of halogens is 1. The molecule has 0 aliphatic rings. The SMILES string of the molecule is CN(C)C(=O)Cn1ccc(NC(=O)C(C)(N)c2ccc(Br)cc2)n1. The Kier molecular flexibility index (Phi) is 5.40. The van der Waals surface area contributed by atoms with E-state index in [1.54, 1.807) is 45.4 Å². The number of likely N-dealkylation sites (N-methyl/N-ethyl adjacent to an activating group) is 1. The van der Waals surface area contributed by atoms with Crippen molar-refractivity contribution in [2.75, 3.05) is 19.4 Å². The van der Waals surface area contributed by atoms with Crippen LogP contribution in [-0.4, -0.2) is 40.6 Å². The van der Waals surface area contributed by atoms with E-state index in [2.05, 4.69) is 26.3 Å². The highest BCUT2D eigenvalue weighted by Crippen LogP contribution is 2.22. The van der Waals surface area contributed by atoms with E-state index in [0.717, 1.165) is 4.47 Å². The van der Waals surface area contributed by atoms with Crippen molar-refractivity contribution in [3.63, 3.8) is 0 Å². The molecule has 0 bridgehead atoms. The number of carbonyl (C=O) groups is 2. The van der Waals surface area contributed by atoms with Gasteiger partial charge in [0.25, 0.3) is 0 Å². The third-order valence-electron chi connectivity index (χ3n) is 3.59. The second-order valence-corrected chi connectivity index (χ2v) is 6.77. The molecular formula is C16H20BrN5O2. The van der Waals surface area contributed by atoms with E-state index in [-0.39, 0.29) is 18.4 Å². The zero-order valence-electron chi connectivity index (χ0n) is 13.8. The molecule has 7 nitrogen and oxygen atoms in total. The second kappa shape index (κ2) is 7.14. The van der Waals surface area contributed by atoms with Crippen LogP contribution >= 0.6 is 15.9 Å². The molecule has 1 aromatic carbocycles. The largest absolute Gasteiger partial charge is 0.347 e. The maximum absolute atomic E-state index is 12.5. The minimum atomic E-state index is -1.20. The molecule has 1 heterocycles. The quantitative estimate of drug-likeness (QED) is 0.805. The first kappa shape index (κ1) is 18.2. The molecule has 0 aliphatic carbocycles. The van der Waals surface area contributed by atoms with Gasteiger partial charge in [0.1, 0.15) is 12.1 Å². The molecule has 0 aliphatic heterocycles. The molecule has 2 rings (SSSR count). The number of anilines is 1. The standard InChI is InChI=1S/C16H20BrN5O2/c1-16(18,11-4-6-12(17)7-5-11)15(24)19-13-8-9-22(20-13)10-14(23)21(2)3/h4-9H,10,18H2,1-3H3,(H,19,20,24). The van der Waals surface area contributed by atoms with Gasteiger partial charge < -0.3 is 16.0 Å². The van der Waals surface area contributed by atoms with Gasteiger partial charge in [0.15, 0.2) is 5.82 Å². The number of benzene rings is 1. The summed E-state index contributed by atoms with van der Waals surface area (Å²) in [7, 11) is 3.35. The minimum absolute atomic E-state index is 0.0884. The van der Waals surface area contributed by atoms with E-state index in [9.17, 15) is 9.59 Å². The van der Waals surface area contributed by atoms with Crippen LogP contribution < -0.4 is 11.1 Å². The van der Waals surface area contributed by atoms with Gasteiger partial charge in [-0.25, -0.2) is 0 Å². The lowest BCUT2D eigenvalue weighted by atomic mass is 9.92. The highest BCUT2D eigenvalue weighted by molar-refractivity contribution is 9.10. The zero-order chi connectivity index (χ0) is 17.9. The molecule has 1 atom stereocenters. The number of carbonyl (C=O) groups excluding carboxylic acids is 2. The lowest BCUT2D eigenvalue weighted by Gasteiger charge is -2.23. The van der Waals surface area contributed by atoms with Crippen LogP contribution in [0.5, 0.6) is 0 Å². The average molecular weight is 394 g/mol. The van der Waals surface area contributed by atoms with Crippen LogP contribution in [0.3, 0.4) is 0 Å². The number of hydrogen-bond donors (Lipinski definition) is 2. The fraction of sp³-hybridized carbons (Fsp3) is 0.312. The van der Waals surface area contributed by atoms with Crippen LogP contribution in [0.4, 0.5) is 5.82 Å². The Bertz CT molecular complexity index is 737. The highest BCUT2D eigenvalue weighted by atomic mass is 79.9. The first-order chi connectivity index (χ1) is 11.2. The van der Waals surface area contributed by atoms with Crippen LogP contribution in [-0.2, 0) is 21.7 Å². The molecule has 2 aromatic rings. The van der Waals surface area contributed by atoms with E-state index < -0.39 is 5.54 Å². The number of rotatable bonds is 5. The number of hydrogen-bond acceptors (Lipinski definition) is 4. The lowest BCUT2D eigenvalue weighted by molar-refractivity contribution is -0.129. The molecule has 0 radical (unpaired) electrons. The number of nitrogens with two attached hydrogens (primary N) is 1. The van der Waals surface area contributed by atoms with E-state index >= 15 is 0 Å². The molecule has 24 heavy (non-hydrogen) atoms. The molecular weight excluding hydrogens is 374 g/mol. The summed E-state index contributed by atoms with van der Waals surface area (Å²) in [4.78, 5) is 25.6. The Hall–Kier alpha value is -2.19. The molecule has 3 N–H and O–H groups in total. The van der Waals surface area contributed by atoms with Crippen LogP contribution in [0.25, 0.3) is 0 Å². The molecule has 0 spiro atoms. The Morgan fingerprint density at radius 1 is 1.29 bits per heavy atom. The fourth-order valence-electron chi connectivity index (χ4n) is 1.97.